The molecule has 0 bridgehead atoms. The number of fused-ring (bicyclic) bond motifs is 1. The minimum absolute atomic E-state index is 0. The van der Waals surface area contributed by atoms with Gasteiger partial charge in [0.1, 0.15) is 16.5 Å². The molecular weight excluding hydrogens is 731 g/mol. The van der Waals surface area contributed by atoms with Gasteiger partial charge in [-0.2, -0.15) is 0 Å². The van der Waals surface area contributed by atoms with Crippen LogP contribution in [0, 0.1) is 0 Å². The average molecular weight is 766 g/mol. The van der Waals surface area contributed by atoms with E-state index in [1.54, 1.807) is 24.3 Å². The van der Waals surface area contributed by atoms with Crippen molar-refractivity contribution in [3.63, 3.8) is 0 Å². The molecule has 7 nitrogen and oxygen atoms in total. The Hall–Kier alpha value is -4.69. The van der Waals surface area contributed by atoms with Gasteiger partial charge in [0.05, 0.1) is 10.8 Å². The number of esters is 1. The van der Waals surface area contributed by atoms with Gasteiger partial charge in [-0.3, -0.25) is 18.7 Å². The number of amides is 2. The zero-order valence-electron chi connectivity index (χ0n) is 26.8. The van der Waals surface area contributed by atoms with Crippen LogP contribution in [0.3, 0.4) is 0 Å². The van der Waals surface area contributed by atoms with Crippen molar-refractivity contribution in [1.82, 2.24) is 10.2 Å². The van der Waals surface area contributed by atoms with Gasteiger partial charge in [-0.25, -0.2) is 4.79 Å². The number of carbonyl (C=O) groups excluding carboxylic acids is 3. The van der Waals surface area contributed by atoms with E-state index in [1.807, 2.05) is 127 Å². The van der Waals surface area contributed by atoms with E-state index in [2.05, 4.69) is 14.6 Å². The summed E-state index contributed by atoms with van der Waals surface area (Å²) in [6, 6.07) is 45.3. The van der Waals surface area contributed by atoms with Crippen LogP contribution in [0.4, 0.5) is 0 Å². The van der Waals surface area contributed by atoms with Crippen LogP contribution in [0.2, 0.25) is 0 Å². The van der Waals surface area contributed by atoms with E-state index in [0.29, 0.717) is 28.7 Å². The highest BCUT2D eigenvalue weighted by Gasteiger charge is 2.74. The molecule has 4 atom stereocenters. The van der Waals surface area contributed by atoms with Crippen LogP contribution >= 0.6 is 26.2 Å². The van der Waals surface area contributed by atoms with Gasteiger partial charge in [0.2, 0.25) is 6.41 Å². The van der Waals surface area contributed by atoms with Gasteiger partial charge < -0.3 is 10.1 Å². The van der Waals surface area contributed by atoms with Crippen molar-refractivity contribution in [2.45, 2.75) is 21.8 Å². The molecule has 1 fully saturated rings. The summed E-state index contributed by atoms with van der Waals surface area (Å²) in [5.41, 5.74) is 3.79. The van der Waals surface area contributed by atoms with Crippen molar-refractivity contribution in [2.75, 3.05) is 6.16 Å². The molecule has 1 unspecified atom stereocenters. The number of nitrogens with one attached hydrogen (secondary N) is 1. The molecule has 2 aliphatic rings. The van der Waals surface area contributed by atoms with Gasteiger partial charge in [0.25, 0.3) is 5.91 Å². The Morgan fingerprint density at radius 3 is 1.60 bits per heavy atom. The van der Waals surface area contributed by atoms with Crippen LogP contribution in [0.25, 0.3) is 0 Å². The molecule has 1 saturated heterocycles. The number of nitrogens with zero attached hydrogens (tertiary/aromatic N) is 1. The van der Waals surface area contributed by atoms with Crippen molar-refractivity contribution < 1.29 is 23.3 Å². The summed E-state index contributed by atoms with van der Waals surface area (Å²) in [6.45, 7) is 0. The lowest BCUT2D eigenvalue weighted by Gasteiger charge is -2.62. The number of ether oxygens (including phenoxy) is 1. The first kappa shape index (κ1) is 35.1. The minimum atomic E-state index is -2.04. The first-order valence-electron chi connectivity index (χ1n) is 15.9. The molecule has 5 aromatic rings. The third kappa shape index (κ3) is 5.36. The lowest BCUT2D eigenvalue weighted by atomic mass is 9.79. The third-order valence-corrected chi connectivity index (χ3v) is 12.2. The predicted octanol–water partition coefficient (Wildman–Crippen LogP) is 6.54. The Kier molecular flexibility index (Phi) is 10.3. The number of hydrogen-bond acceptors (Lipinski definition) is 5. The fraction of sp³-hybridized carbons (Fsp3) is 0.125. The molecule has 0 aromatic heterocycles. The van der Waals surface area contributed by atoms with Gasteiger partial charge in [0, 0.05) is 0 Å². The molecule has 10 heteroatoms. The highest BCUT2D eigenvalue weighted by molar-refractivity contribution is 8.93. The first-order valence-corrected chi connectivity index (χ1v) is 17.8. The van der Waals surface area contributed by atoms with E-state index in [1.165, 1.54) is 4.90 Å². The number of hydrogen-bond donors (Lipinski definition) is 1. The Labute approximate surface area is 306 Å². The molecule has 5 aromatic carbocycles. The summed E-state index contributed by atoms with van der Waals surface area (Å²) in [6.07, 6.45) is -0.181. The molecule has 0 saturated carbocycles. The molecular formula is C40H34BrN2O5PS. The molecule has 7 rings (SSSR count). The summed E-state index contributed by atoms with van der Waals surface area (Å²) in [4.78, 5) is 41.2. The van der Waals surface area contributed by atoms with Crippen LogP contribution in [-0.4, -0.2) is 39.6 Å². The van der Waals surface area contributed by atoms with E-state index in [-0.39, 0.29) is 28.8 Å². The molecule has 50 heavy (non-hydrogen) atoms. The Balaban J connectivity index is 0.00000432. The van der Waals surface area contributed by atoms with E-state index in [0.717, 1.165) is 11.1 Å². The number of β-lactam (4-membered cyclic amide) rings is 1. The minimum Gasteiger partial charge on any atom is -0.448 e. The Morgan fingerprint density at radius 2 is 1.18 bits per heavy atom. The largest absolute Gasteiger partial charge is 0.448 e. The second-order valence-corrected chi connectivity index (χ2v) is 14.0. The topological polar surface area (TPSA) is 92.8 Å². The van der Waals surface area contributed by atoms with Crippen LogP contribution in [0.15, 0.2) is 163 Å². The van der Waals surface area contributed by atoms with Crippen molar-refractivity contribution >= 4 is 55.3 Å². The molecule has 2 aliphatic heterocycles. The van der Waals surface area contributed by atoms with E-state index >= 15 is 9.00 Å². The molecule has 2 amide bonds. The Bertz CT molecular complexity index is 1970. The molecule has 0 aliphatic carbocycles. The van der Waals surface area contributed by atoms with Gasteiger partial charge in [0.15, 0.2) is 11.0 Å². The summed E-state index contributed by atoms with van der Waals surface area (Å²) in [7, 11) is 0.651. The summed E-state index contributed by atoms with van der Waals surface area (Å²) >= 11 is 0. The lowest BCUT2D eigenvalue weighted by Crippen LogP contribution is -2.81. The van der Waals surface area contributed by atoms with Crippen LogP contribution in [0.5, 0.6) is 0 Å². The van der Waals surface area contributed by atoms with E-state index < -0.39 is 44.4 Å². The number of rotatable bonds is 10. The fourth-order valence-corrected chi connectivity index (χ4v) is 10.5. The standard InChI is InChI=1S/C40H33N2O5PS.BrH/c43-27-41-36-37(44)42-34(38(45)47-35(28-16-6-1-7-17-28)29-18-8-2-9-19-29)33(26-48)39(30-20-10-3-11-21-30,31-22-12-4-13-23-31)49(46)40(36,42)32-24-14-5-15-25-32;/h1-25,27,35-36H,26,48H2,(H,41,43);1H/t36-,40-,49+;/m1./s1. The molecule has 252 valence electrons. The maximum atomic E-state index is 16.0. The lowest BCUT2D eigenvalue weighted by molar-refractivity contribution is -0.161. The summed E-state index contributed by atoms with van der Waals surface area (Å²) < 4.78 is 21.1. The van der Waals surface area contributed by atoms with E-state index in [9.17, 15) is 9.59 Å². The SMILES string of the molecule is Br.O=CN[C@@H]1C(=O)N2C(C(=O)OC(c3ccccc3)c3ccccc3)=C(CP)C(c3ccccc3)(c3ccccc3)[S@](=O)[C@]12c1ccccc1. The Morgan fingerprint density at radius 1 is 0.760 bits per heavy atom. The van der Waals surface area contributed by atoms with Crippen LogP contribution in [-0.2, 0) is 39.5 Å². The normalized spacial score (nSPS) is 20.6. The molecule has 1 N–H and O–H groups in total. The van der Waals surface area contributed by atoms with Crippen molar-refractivity contribution in [3.05, 3.63) is 191 Å². The highest BCUT2D eigenvalue weighted by Crippen LogP contribution is 2.61. The highest BCUT2D eigenvalue weighted by atomic mass is 79.9. The number of halogens is 1. The second-order valence-electron chi connectivity index (χ2n) is 11.8. The average Bonchev–Trinajstić information content (AvgIpc) is 3.17. The van der Waals surface area contributed by atoms with Gasteiger partial charge in [-0.05, 0) is 39.6 Å². The smallest absolute Gasteiger partial charge is 0.356 e. The first-order chi connectivity index (χ1) is 24.0. The molecule has 2 heterocycles. The zero-order chi connectivity index (χ0) is 34.0. The van der Waals surface area contributed by atoms with Crippen molar-refractivity contribution in [2.24, 2.45) is 0 Å². The maximum absolute atomic E-state index is 16.0. The number of carbonyl (C=O) groups is 3. The number of benzene rings is 5. The zero-order valence-corrected chi connectivity index (χ0v) is 30.4. The molecule has 0 spiro atoms. The van der Waals surface area contributed by atoms with Gasteiger partial charge in [-0.15, -0.1) is 26.2 Å². The third-order valence-electron chi connectivity index (χ3n) is 9.30. The van der Waals surface area contributed by atoms with Gasteiger partial charge in [-0.1, -0.05) is 152 Å². The summed E-state index contributed by atoms with van der Waals surface area (Å²) in [5, 5.41) is 2.68. The summed E-state index contributed by atoms with van der Waals surface area (Å²) in [5.74, 6) is -1.31. The van der Waals surface area contributed by atoms with Crippen molar-refractivity contribution in [1.29, 1.82) is 0 Å². The maximum Gasteiger partial charge on any atom is 0.356 e. The van der Waals surface area contributed by atoms with Crippen molar-refractivity contribution in [3.8, 4) is 0 Å². The van der Waals surface area contributed by atoms with Crippen LogP contribution in [0.1, 0.15) is 33.9 Å². The van der Waals surface area contributed by atoms with Gasteiger partial charge >= 0.3 is 5.97 Å². The molecule has 0 radical (unpaired) electrons. The van der Waals surface area contributed by atoms with Crippen LogP contribution < -0.4 is 5.32 Å². The van der Waals surface area contributed by atoms with E-state index in [4.69, 9.17) is 4.74 Å². The monoisotopic (exact) mass is 764 g/mol. The fourth-order valence-electron chi connectivity index (χ4n) is 7.25. The quantitative estimate of drug-likeness (QED) is 0.0755. The predicted molar refractivity (Wildman–Crippen MR) is 203 cm³/mol. The second kappa shape index (κ2) is 14.7.